The minimum atomic E-state index is -3.58. The van der Waals surface area contributed by atoms with Gasteiger partial charge < -0.3 is 14.8 Å². The van der Waals surface area contributed by atoms with Crippen molar-refractivity contribution in [3.05, 3.63) is 42.2 Å². The van der Waals surface area contributed by atoms with E-state index >= 15 is 0 Å². The summed E-state index contributed by atoms with van der Waals surface area (Å²) in [4.78, 5) is 12.7. The predicted octanol–water partition coefficient (Wildman–Crippen LogP) is 1.73. The fraction of sp³-hybridized carbons (Fsp3) is 0.500. The Kier molecular flexibility index (Phi) is 6.47. The van der Waals surface area contributed by atoms with Crippen LogP contribution in [0.15, 0.2) is 41.6 Å². The van der Waals surface area contributed by atoms with Crippen LogP contribution in [0.5, 0.6) is 0 Å². The van der Waals surface area contributed by atoms with Gasteiger partial charge in [-0.15, -0.1) is 0 Å². The number of anilines is 1. The number of ether oxygens (including phenoxy) is 2. The first-order valence-corrected chi connectivity index (χ1v) is 11.6. The molecule has 2 fully saturated rings. The second-order valence-electron chi connectivity index (χ2n) is 7.43. The Morgan fingerprint density at radius 3 is 2.60 bits per heavy atom. The second kappa shape index (κ2) is 9.25. The Bertz CT molecular complexity index is 961. The molecular formula is C20H26N4O5S. The minimum Gasteiger partial charge on any atom is -0.379 e. The van der Waals surface area contributed by atoms with Gasteiger partial charge in [-0.25, -0.2) is 8.42 Å². The summed E-state index contributed by atoms with van der Waals surface area (Å²) in [6.45, 7) is 2.89. The predicted molar refractivity (Wildman–Crippen MR) is 110 cm³/mol. The van der Waals surface area contributed by atoms with Crippen molar-refractivity contribution in [2.75, 3.05) is 38.2 Å². The van der Waals surface area contributed by atoms with E-state index in [0.29, 0.717) is 44.1 Å². The number of sulfonamides is 1. The molecule has 0 radical (unpaired) electrons. The normalized spacial score (nSPS) is 20.7. The summed E-state index contributed by atoms with van der Waals surface area (Å²) >= 11 is 0. The lowest BCUT2D eigenvalue weighted by atomic mass is 10.1. The van der Waals surface area contributed by atoms with E-state index in [-0.39, 0.29) is 16.9 Å². The maximum Gasteiger partial charge on any atom is 0.255 e. The summed E-state index contributed by atoms with van der Waals surface area (Å²) < 4.78 is 39.4. The molecule has 1 aromatic heterocycles. The third-order valence-electron chi connectivity index (χ3n) is 5.28. The van der Waals surface area contributed by atoms with Crippen LogP contribution < -0.4 is 5.32 Å². The van der Waals surface area contributed by atoms with Gasteiger partial charge in [-0.2, -0.15) is 9.40 Å². The Hall–Kier alpha value is -2.27. The lowest BCUT2D eigenvalue weighted by Crippen LogP contribution is -2.40. The minimum absolute atomic E-state index is 0.156. The summed E-state index contributed by atoms with van der Waals surface area (Å²) in [5, 5.41) is 7.08. The van der Waals surface area contributed by atoms with E-state index in [1.165, 1.54) is 28.6 Å². The number of carbonyl (C=O) groups is 1. The molecule has 0 spiro atoms. The highest BCUT2D eigenvalue weighted by Gasteiger charge is 2.26. The molecule has 0 aliphatic carbocycles. The largest absolute Gasteiger partial charge is 0.379 e. The van der Waals surface area contributed by atoms with Gasteiger partial charge in [-0.1, -0.05) is 0 Å². The van der Waals surface area contributed by atoms with Crippen LogP contribution in [0.3, 0.4) is 0 Å². The standard InChI is InChI=1S/C20H26N4O5S/c25-20(22-17-13-21-23(14-17)15-18-3-1-2-10-29-18)16-4-6-19(7-5-16)30(26,27)24-8-11-28-12-9-24/h4-7,13-14,18H,1-3,8-12,15H2,(H,22,25)/t18-/m0/s1. The van der Waals surface area contributed by atoms with Crippen molar-refractivity contribution in [1.29, 1.82) is 0 Å². The molecule has 10 heteroatoms. The van der Waals surface area contributed by atoms with Crippen molar-refractivity contribution in [3.63, 3.8) is 0 Å². The summed E-state index contributed by atoms with van der Waals surface area (Å²) in [6, 6.07) is 5.96. The molecular weight excluding hydrogens is 408 g/mol. The SMILES string of the molecule is O=C(Nc1cnn(C[C@@H]2CCCCO2)c1)c1ccc(S(=O)(=O)N2CCOCC2)cc1. The number of amides is 1. The van der Waals surface area contributed by atoms with E-state index in [1.807, 2.05) is 0 Å². The molecule has 2 aromatic rings. The molecule has 0 unspecified atom stereocenters. The molecule has 1 N–H and O–H groups in total. The Morgan fingerprint density at radius 1 is 1.13 bits per heavy atom. The topological polar surface area (TPSA) is 103 Å². The average molecular weight is 435 g/mol. The lowest BCUT2D eigenvalue weighted by molar-refractivity contribution is 0.00400. The quantitative estimate of drug-likeness (QED) is 0.743. The molecule has 0 saturated carbocycles. The molecule has 1 amide bonds. The van der Waals surface area contributed by atoms with Crippen LogP contribution in [0.2, 0.25) is 0 Å². The van der Waals surface area contributed by atoms with Crippen molar-refractivity contribution in [1.82, 2.24) is 14.1 Å². The first kappa shape index (κ1) is 21.0. The number of benzene rings is 1. The fourth-order valence-electron chi connectivity index (χ4n) is 3.61. The smallest absolute Gasteiger partial charge is 0.255 e. The number of rotatable bonds is 6. The maximum absolute atomic E-state index is 12.7. The maximum atomic E-state index is 12.7. The molecule has 2 saturated heterocycles. The van der Waals surface area contributed by atoms with Gasteiger partial charge in [-0.05, 0) is 43.5 Å². The number of carbonyl (C=O) groups excluding carboxylic acids is 1. The average Bonchev–Trinajstić information content (AvgIpc) is 3.21. The number of nitrogens with one attached hydrogen (secondary N) is 1. The molecule has 1 aromatic carbocycles. The van der Waals surface area contributed by atoms with Gasteiger partial charge in [0, 0.05) is 31.5 Å². The first-order valence-electron chi connectivity index (χ1n) is 10.2. The number of nitrogens with zero attached hydrogens (tertiary/aromatic N) is 3. The van der Waals surface area contributed by atoms with Crippen LogP contribution in [0.4, 0.5) is 5.69 Å². The molecule has 0 bridgehead atoms. The van der Waals surface area contributed by atoms with Crippen LogP contribution in [0.25, 0.3) is 0 Å². The van der Waals surface area contributed by atoms with Crippen molar-refractivity contribution in [2.45, 2.75) is 36.8 Å². The number of morpholine rings is 1. The fourth-order valence-corrected chi connectivity index (χ4v) is 5.01. The van der Waals surface area contributed by atoms with E-state index < -0.39 is 10.0 Å². The molecule has 3 heterocycles. The summed E-state index contributed by atoms with van der Waals surface area (Å²) in [5.41, 5.74) is 0.958. The van der Waals surface area contributed by atoms with Crippen LogP contribution in [0, 0.1) is 0 Å². The number of hydrogen-bond donors (Lipinski definition) is 1. The molecule has 4 rings (SSSR count). The third kappa shape index (κ3) is 4.89. The van der Waals surface area contributed by atoms with Crippen LogP contribution in [0.1, 0.15) is 29.6 Å². The highest BCUT2D eigenvalue weighted by atomic mass is 32.2. The van der Waals surface area contributed by atoms with Gasteiger partial charge >= 0.3 is 0 Å². The zero-order chi connectivity index (χ0) is 21.0. The van der Waals surface area contributed by atoms with E-state index in [1.54, 1.807) is 17.1 Å². The molecule has 30 heavy (non-hydrogen) atoms. The molecule has 1 atom stereocenters. The van der Waals surface area contributed by atoms with E-state index in [0.717, 1.165) is 25.9 Å². The molecule has 2 aliphatic heterocycles. The van der Waals surface area contributed by atoms with Gasteiger partial charge in [0.1, 0.15) is 0 Å². The molecule has 162 valence electrons. The zero-order valence-electron chi connectivity index (χ0n) is 16.7. The Balaban J connectivity index is 1.37. The first-order chi connectivity index (χ1) is 14.5. The third-order valence-corrected chi connectivity index (χ3v) is 7.19. The van der Waals surface area contributed by atoms with E-state index in [9.17, 15) is 13.2 Å². The zero-order valence-corrected chi connectivity index (χ0v) is 17.5. The van der Waals surface area contributed by atoms with Gasteiger partial charge in [-0.3, -0.25) is 9.48 Å². The van der Waals surface area contributed by atoms with Gasteiger partial charge in [0.15, 0.2) is 0 Å². The van der Waals surface area contributed by atoms with Gasteiger partial charge in [0.2, 0.25) is 10.0 Å². The van der Waals surface area contributed by atoms with Crippen LogP contribution in [-0.2, 0) is 26.0 Å². The summed E-state index contributed by atoms with van der Waals surface area (Å²) in [6.07, 6.45) is 6.80. The van der Waals surface area contributed by atoms with Crippen molar-refractivity contribution in [3.8, 4) is 0 Å². The van der Waals surface area contributed by atoms with Crippen LogP contribution in [-0.4, -0.2) is 67.4 Å². The number of hydrogen-bond acceptors (Lipinski definition) is 6. The Morgan fingerprint density at radius 2 is 1.90 bits per heavy atom. The highest BCUT2D eigenvalue weighted by Crippen LogP contribution is 2.19. The van der Waals surface area contributed by atoms with E-state index in [4.69, 9.17) is 9.47 Å². The van der Waals surface area contributed by atoms with Gasteiger partial charge in [0.25, 0.3) is 5.91 Å². The summed E-state index contributed by atoms with van der Waals surface area (Å²) in [5.74, 6) is -0.321. The molecule has 2 aliphatic rings. The molecule has 9 nitrogen and oxygen atoms in total. The van der Waals surface area contributed by atoms with Crippen LogP contribution >= 0.6 is 0 Å². The lowest BCUT2D eigenvalue weighted by Gasteiger charge is -2.26. The van der Waals surface area contributed by atoms with Crippen molar-refractivity contribution in [2.24, 2.45) is 0 Å². The van der Waals surface area contributed by atoms with Gasteiger partial charge in [0.05, 0.1) is 42.6 Å². The monoisotopic (exact) mass is 434 g/mol. The highest BCUT2D eigenvalue weighted by molar-refractivity contribution is 7.89. The Labute approximate surface area is 176 Å². The second-order valence-corrected chi connectivity index (χ2v) is 9.37. The van der Waals surface area contributed by atoms with Crippen molar-refractivity contribution >= 4 is 21.6 Å². The summed E-state index contributed by atoms with van der Waals surface area (Å²) in [7, 11) is -3.58. The van der Waals surface area contributed by atoms with Crippen molar-refractivity contribution < 1.29 is 22.7 Å². The van der Waals surface area contributed by atoms with E-state index in [2.05, 4.69) is 10.4 Å². The number of aromatic nitrogens is 2.